The molecule has 0 atom stereocenters. The number of aryl methyl sites for hydroxylation is 1. The van der Waals surface area contributed by atoms with E-state index in [1.165, 1.54) is 12.0 Å². The molecule has 0 heterocycles. The molecule has 2 amide bonds. The lowest BCUT2D eigenvalue weighted by atomic mass is 9.88. The van der Waals surface area contributed by atoms with Gasteiger partial charge in [-0.25, -0.2) is 0 Å². The van der Waals surface area contributed by atoms with E-state index >= 15 is 0 Å². The second kappa shape index (κ2) is 10.4. The SMILES string of the molecule is CCc1ccc(OCC(=O)Nc2cccc(NC(=O)C3CCCCC3)c2)c(Br)c1. The van der Waals surface area contributed by atoms with Crippen molar-refractivity contribution in [1.29, 1.82) is 0 Å². The van der Waals surface area contributed by atoms with Crippen molar-refractivity contribution >= 4 is 39.1 Å². The van der Waals surface area contributed by atoms with Crippen LogP contribution >= 0.6 is 15.9 Å². The summed E-state index contributed by atoms with van der Waals surface area (Å²) < 4.78 is 6.45. The van der Waals surface area contributed by atoms with Crippen molar-refractivity contribution in [2.75, 3.05) is 17.2 Å². The minimum Gasteiger partial charge on any atom is -0.483 e. The van der Waals surface area contributed by atoms with Crippen molar-refractivity contribution in [3.63, 3.8) is 0 Å². The van der Waals surface area contributed by atoms with Gasteiger partial charge in [0, 0.05) is 17.3 Å². The Kier molecular flexibility index (Phi) is 7.69. The van der Waals surface area contributed by atoms with Crippen LogP contribution < -0.4 is 15.4 Å². The van der Waals surface area contributed by atoms with Gasteiger partial charge in [0.1, 0.15) is 5.75 Å². The maximum absolute atomic E-state index is 12.4. The first kappa shape index (κ1) is 21.4. The molecular weight excluding hydrogens is 432 g/mol. The topological polar surface area (TPSA) is 67.4 Å². The predicted molar refractivity (Wildman–Crippen MR) is 119 cm³/mol. The molecule has 154 valence electrons. The van der Waals surface area contributed by atoms with E-state index in [9.17, 15) is 9.59 Å². The third kappa shape index (κ3) is 6.32. The van der Waals surface area contributed by atoms with Crippen LogP contribution in [0.1, 0.15) is 44.6 Å². The highest BCUT2D eigenvalue weighted by Gasteiger charge is 2.21. The molecule has 0 aromatic heterocycles. The van der Waals surface area contributed by atoms with Crippen LogP contribution in [0.2, 0.25) is 0 Å². The lowest BCUT2D eigenvalue weighted by molar-refractivity contribution is -0.120. The first-order valence-electron chi connectivity index (χ1n) is 10.2. The van der Waals surface area contributed by atoms with E-state index in [0.29, 0.717) is 17.1 Å². The van der Waals surface area contributed by atoms with Gasteiger partial charge in [0.05, 0.1) is 4.47 Å². The molecule has 3 rings (SSSR count). The first-order chi connectivity index (χ1) is 14.0. The van der Waals surface area contributed by atoms with E-state index in [-0.39, 0.29) is 24.3 Å². The van der Waals surface area contributed by atoms with Gasteiger partial charge >= 0.3 is 0 Å². The summed E-state index contributed by atoms with van der Waals surface area (Å²) in [5, 5.41) is 5.79. The number of hydrogen-bond acceptors (Lipinski definition) is 3. The number of ether oxygens (including phenoxy) is 1. The van der Waals surface area contributed by atoms with Crippen LogP contribution in [0.15, 0.2) is 46.9 Å². The third-order valence-corrected chi connectivity index (χ3v) is 5.77. The van der Waals surface area contributed by atoms with Gasteiger partial charge in [0.2, 0.25) is 5.91 Å². The van der Waals surface area contributed by atoms with E-state index in [2.05, 4.69) is 33.5 Å². The molecule has 1 saturated carbocycles. The monoisotopic (exact) mass is 458 g/mol. The van der Waals surface area contributed by atoms with Crippen molar-refractivity contribution < 1.29 is 14.3 Å². The van der Waals surface area contributed by atoms with Gasteiger partial charge in [-0.05, 0) is 71.1 Å². The second-order valence-electron chi connectivity index (χ2n) is 7.36. The quantitative estimate of drug-likeness (QED) is 0.571. The Morgan fingerprint density at radius 2 is 1.76 bits per heavy atom. The average molecular weight is 459 g/mol. The van der Waals surface area contributed by atoms with E-state index in [1.54, 1.807) is 12.1 Å². The lowest BCUT2D eigenvalue weighted by Crippen LogP contribution is -2.25. The van der Waals surface area contributed by atoms with Gasteiger partial charge in [-0.1, -0.05) is 38.3 Å². The highest BCUT2D eigenvalue weighted by Crippen LogP contribution is 2.27. The number of carbonyl (C=O) groups excluding carboxylic acids is 2. The Balaban J connectivity index is 1.52. The Hall–Kier alpha value is -2.34. The minimum absolute atomic E-state index is 0.0666. The molecule has 6 heteroatoms. The molecule has 29 heavy (non-hydrogen) atoms. The third-order valence-electron chi connectivity index (χ3n) is 5.15. The largest absolute Gasteiger partial charge is 0.483 e. The molecule has 1 aliphatic carbocycles. The Labute approximate surface area is 180 Å². The number of anilines is 2. The molecule has 2 aromatic rings. The molecule has 0 spiro atoms. The van der Waals surface area contributed by atoms with Gasteiger partial charge in [0.25, 0.3) is 5.91 Å². The first-order valence-corrected chi connectivity index (χ1v) is 11.0. The maximum Gasteiger partial charge on any atom is 0.262 e. The fourth-order valence-corrected chi connectivity index (χ4v) is 4.05. The molecule has 5 nitrogen and oxygen atoms in total. The fourth-order valence-electron chi connectivity index (χ4n) is 3.51. The Morgan fingerprint density at radius 3 is 2.45 bits per heavy atom. The summed E-state index contributed by atoms with van der Waals surface area (Å²) in [6.45, 7) is 1.99. The zero-order valence-electron chi connectivity index (χ0n) is 16.7. The van der Waals surface area contributed by atoms with Crippen LogP contribution in [-0.2, 0) is 16.0 Å². The van der Waals surface area contributed by atoms with Crippen LogP contribution in [-0.4, -0.2) is 18.4 Å². The fraction of sp³-hybridized carbons (Fsp3) is 0.391. The van der Waals surface area contributed by atoms with Crippen molar-refractivity contribution in [3.8, 4) is 5.75 Å². The van der Waals surface area contributed by atoms with Crippen LogP contribution in [0.25, 0.3) is 0 Å². The van der Waals surface area contributed by atoms with Gasteiger partial charge in [-0.2, -0.15) is 0 Å². The van der Waals surface area contributed by atoms with Gasteiger partial charge in [-0.15, -0.1) is 0 Å². The molecule has 0 aliphatic heterocycles. The van der Waals surface area contributed by atoms with Gasteiger partial charge < -0.3 is 15.4 Å². The van der Waals surface area contributed by atoms with Crippen LogP contribution in [0, 0.1) is 5.92 Å². The second-order valence-corrected chi connectivity index (χ2v) is 8.21. The number of nitrogens with one attached hydrogen (secondary N) is 2. The van der Waals surface area contributed by atoms with Gasteiger partial charge in [0.15, 0.2) is 6.61 Å². The average Bonchev–Trinajstić information content (AvgIpc) is 2.73. The number of hydrogen-bond donors (Lipinski definition) is 2. The molecule has 2 aromatic carbocycles. The summed E-state index contributed by atoms with van der Waals surface area (Å²) in [6, 6.07) is 13.0. The Bertz CT molecular complexity index is 863. The molecule has 0 saturated heterocycles. The highest BCUT2D eigenvalue weighted by molar-refractivity contribution is 9.10. The standard InChI is InChI=1S/C23H27BrN2O3/c1-2-16-11-12-21(20(24)13-16)29-15-22(27)25-18-9-6-10-19(14-18)26-23(28)17-7-4-3-5-8-17/h6,9-14,17H,2-5,7-8,15H2,1H3,(H,25,27)(H,26,28). The number of carbonyl (C=O) groups is 2. The van der Waals surface area contributed by atoms with Crippen molar-refractivity contribution in [1.82, 2.24) is 0 Å². The number of halogens is 1. The summed E-state index contributed by atoms with van der Waals surface area (Å²) >= 11 is 3.47. The van der Waals surface area contributed by atoms with Crippen molar-refractivity contribution in [3.05, 3.63) is 52.5 Å². The van der Waals surface area contributed by atoms with Crippen LogP contribution in [0.4, 0.5) is 11.4 Å². The molecule has 1 aliphatic rings. The summed E-state index contributed by atoms with van der Waals surface area (Å²) in [5.74, 6) is 0.530. The number of rotatable bonds is 7. The zero-order chi connectivity index (χ0) is 20.6. The Morgan fingerprint density at radius 1 is 1.03 bits per heavy atom. The van der Waals surface area contributed by atoms with E-state index in [1.807, 2.05) is 30.3 Å². The molecule has 0 unspecified atom stereocenters. The zero-order valence-corrected chi connectivity index (χ0v) is 18.3. The summed E-state index contributed by atoms with van der Waals surface area (Å²) in [5.41, 5.74) is 2.51. The maximum atomic E-state index is 12.4. The molecule has 2 N–H and O–H groups in total. The normalized spacial score (nSPS) is 14.3. The molecular formula is C23H27BrN2O3. The minimum atomic E-state index is -0.257. The predicted octanol–water partition coefficient (Wildman–Crippen LogP) is 5.55. The smallest absolute Gasteiger partial charge is 0.262 e. The summed E-state index contributed by atoms with van der Waals surface area (Å²) in [4.78, 5) is 24.7. The molecule has 0 bridgehead atoms. The molecule has 1 fully saturated rings. The summed E-state index contributed by atoms with van der Waals surface area (Å²) in [6.07, 6.45) is 6.29. The highest BCUT2D eigenvalue weighted by atomic mass is 79.9. The lowest BCUT2D eigenvalue weighted by Gasteiger charge is -2.20. The molecule has 0 radical (unpaired) electrons. The summed E-state index contributed by atoms with van der Waals surface area (Å²) in [7, 11) is 0. The number of amides is 2. The van der Waals surface area contributed by atoms with E-state index in [0.717, 1.165) is 36.6 Å². The van der Waals surface area contributed by atoms with Crippen molar-refractivity contribution in [2.45, 2.75) is 45.4 Å². The van der Waals surface area contributed by atoms with Crippen LogP contribution in [0.3, 0.4) is 0 Å². The van der Waals surface area contributed by atoms with E-state index < -0.39 is 0 Å². The number of benzene rings is 2. The van der Waals surface area contributed by atoms with E-state index in [4.69, 9.17) is 4.74 Å². The van der Waals surface area contributed by atoms with Crippen LogP contribution in [0.5, 0.6) is 5.75 Å². The van der Waals surface area contributed by atoms with Gasteiger partial charge in [-0.3, -0.25) is 9.59 Å². The van der Waals surface area contributed by atoms with Crippen molar-refractivity contribution in [2.24, 2.45) is 5.92 Å².